The largest absolute Gasteiger partial charge is 0.462 e. The van der Waals surface area contributed by atoms with E-state index in [9.17, 15) is 4.79 Å². The maximum Gasteiger partial charge on any atom is 0.341 e. The zero-order valence-corrected chi connectivity index (χ0v) is 12.5. The fourth-order valence-corrected chi connectivity index (χ4v) is 3.71. The van der Waals surface area contributed by atoms with Gasteiger partial charge in [-0.1, -0.05) is 6.42 Å². The van der Waals surface area contributed by atoms with Gasteiger partial charge < -0.3 is 15.4 Å². The van der Waals surface area contributed by atoms with Gasteiger partial charge in [-0.05, 0) is 43.7 Å². The van der Waals surface area contributed by atoms with Crippen molar-refractivity contribution < 1.29 is 9.53 Å². The van der Waals surface area contributed by atoms with E-state index >= 15 is 0 Å². The van der Waals surface area contributed by atoms with Crippen LogP contribution in [0.4, 0.5) is 5.82 Å². The SMILES string of the molecule is CCOC(=O)c1cccnc1N1CC2CCCC(N)C2C1. The minimum absolute atomic E-state index is 0.281. The monoisotopic (exact) mass is 289 g/mol. The summed E-state index contributed by atoms with van der Waals surface area (Å²) >= 11 is 0. The number of nitrogens with two attached hydrogens (primary N) is 1. The summed E-state index contributed by atoms with van der Waals surface area (Å²) in [5.41, 5.74) is 6.83. The van der Waals surface area contributed by atoms with Crippen molar-refractivity contribution in [2.24, 2.45) is 17.6 Å². The third kappa shape index (κ3) is 2.75. The molecule has 3 unspecified atom stereocenters. The van der Waals surface area contributed by atoms with E-state index in [1.807, 2.05) is 6.92 Å². The molecule has 2 N–H and O–H groups in total. The molecule has 114 valence electrons. The second-order valence-electron chi connectivity index (χ2n) is 6.02. The molecule has 3 rings (SSSR count). The molecule has 1 saturated carbocycles. The highest BCUT2D eigenvalue weighted by molar-refractivity contribution is 5.94. The zero-order valence-electron chi connectivity index (χ0n) is 12.5. The lowest BCUT2D eigenvalue weighted by Gasteiger charge is -2.29. The minimum Gasteiger partial charge on any atom is -0.462 e. The lowest BCUT2D eigenvalue weighted by molar-refractivity contribution is 0.0526. The van der Waals surface area contributed by atoms with E-state index in [0.717, 1.165) is 25.3 Å². The Morgan fingerprint density at radius 1 is 1.48 bits per heavy atom. The summed E-state index contributed by atoms with van der Waals surface area (Å²) in [4.78, 5) is 18.7. The smallest absolute Gasteiger partial charge is 0.341 e. The van der Waals surface area contributed by atoms with Crippen molar-refractivity contribution in [2.45, 2.75) is 32.2 Å². The zero-order chi connectivity index (χ0) is 14.8. The van der Waals surface area contributed by atoms with Gasteiger partial charge in [0.15, 0.2) is 0 Å². The first kappa shape index (κ1) is 14.3. The fourth-order valence-electron chi connectivity index (χ4n) is 3.71. The molecule has 1 saturated heterocycles. The lowest BCUT2D eigenvalue weighted by Crippen LogP contribution is -2.38. The normalized spacial score (nSPS) is 28.3. The van der Waals surface area contributed by atoms with E-state index < -0.39 is 0 Å². The van der Waals surface area contributed by atoms with Crippen LogP contribution in [0.2, 0.25) is 0 Å². The maximum absolute atomic E-state index is 12.1. The van der Waals surface area contributed by atoms with Crippen LogP contribution in [-0.2, 0) is 4.74 Å². The summed E-state index contributed by atoms with van der Waals surface area (Å²) in [7, 11) is 0. The van der Waals surface area contributed by atoms with E-state index in [2.05, 4.69) is 9.88 Å². The third-order valence-electron chi connectivity index (χ3n) is 4.74. The first-order valence-corrected chi connectivity index (χ1v) is 7.83. The molecule has 0 aromatic carbocycles. The Morgan fingerprint density at radius 2 is 2.33 bits per heavy atom. The Morgan fingerprint density at radius 3 is 3.10 bits per heavy atom. The number of ether oxygens (including phenoxy) is 1. The number of anilines is 1. The van der Waals surface area contributed by atoms with E-state index in [0.29, 0.717) is 24.0 Å². The fraction of sp³-hybridized carbons (Fsp3) is 0.625. The van der Waals surface area contributed by atoms with E-state index in [1.165, 1.54) is 12.8 Å². The quantitative estimate of drug-likeness (QED) is 0.860. The predicted molar refractivity (Wildman–Crippen MR) is 81.2 cm³/mol. The Bertz CT molecular complexity index is 520. The molecule has 1 aliphatic heterocycles. The van der Waals surface area contributed by atoms with Crippen molar-refractivity contribution >= 4 is 11.8 Å². The highest BCUT2D eigenvalue weighted by Crippen LogP contribution is 2.37. The average Bonchev–Trinajstić information content (AvgIpc) is 2.93. The number of pyridine rings is 1. The highest BCUT2D eigenvalue weighted by atomic mass is 16.5. The first-order valence-electron chi connectivity index (χ1n) is 7.83. The van der Waals surface area contributed by atoms with Gasteiger partial charge in [-0.3, -0.25) is 0 Å². The van der Waals surface area contributed by atoms with Gasteiger partial charge in [-0.2, -0.15) is 0 Å². The Balaban J connectivity index is 1.83. The number of hydrogen-bond acceptors (Lipinski definition) is 5. The van der Waals surface area contributed by atoms with Crippen LogP contribution in [0.5, 0.6) is 0 Å². The molecule has 0 amide bonds. The number of carbonyl (C=O) groups excluding carboxylic acids is 1. The number of carbonyl (C=O) groups is 1. The molecule has 2 heterocycles. The van der Waals surface area contributed by atoms with Gasteiger partial charge in [0.05, 0.1) is 6.61 Å². The molecule has 21 heavy (non-hydrogen) atoms. The topological polar surface area (TPSA) is 68.5 Å². The number of rotatable bonds is 3. The Kier molecular flexibility index (Phi) is 4.10. The van der Waals surface area contributed by atoms with Crippen LogP contribution in [0.1, 0.15) is 36.5 Å². The van der Waals surface area contributed by atoms with Crippen LogP contribution in [0.3, 0.4) is 0 Å². The van der Waals surface area contributed by atoms with Crippen molar-refractivity contribution in [3.63, 3.8) is 0 Å². The molecule has 1 aliphatic carbocycles. The molecule has 1 aromatic rings. The molecular weight excluding hydrogens is 266 g/mol. The van der Waals surface area contributed by atoms with Crippen LogP contribution < -0.4 is 10.6 Å². The van der Waals surface area contributed by atoms with Crippen molar-refractivity contribution in [1.82, 2.24) is 4.98 Å². The molecule has 5 nitrogen and oxygen atoms in total. The van der Waals surface area contributed by atoms with Gasteiger partial charge in [0, 0.05) is 25.3 Å². The van der Waals surface area contributed by atoms with Crippen molar-refractivity contribution in [3.05, 3.63) is 23.9 Å². The maximum atomic E-state index is 12.1. The summed E-state index contributed by atoms with van der Waals surface area (Å²) in [5.74, 6) is 1.61. The molecule has 3 atom stereocenters. The number of fused-ring (bicyclic) bond motifs is 1. The number of esters is 1. The highest BCUT2D eigenvalue weighted by Gasteiger charge is 2.40. The van der Waals surface area contributed by atoms with E-state index in [-0.39, 0.29) is 12.0 Å². The van der Waals surface area contributed by atoms with Gasteiger partial charge in [-0.15, -0.1) is 0 Å². The van der Waals surface area contributed by atoms with Crippen LogP contribution in [0, 0.1) is 11.8 Å². The number of aromatic nitrogens is 1. The number of hydrogen-bond donors (Lipinski definition) is 1. The standard InChI is InChI=1S/C16H23N3O2/c1-2-21-16(20)12-6-4-8-18-15(12)19-9-11-5-3-7-14(17)13(11)10-19/h4,6,8,11,13-14H,2-3,5,7,9-10,17H2,1H3. The van der Waals surface area contributed by atoms with Gasteiger partial charge >= 0.3 is 5.97 Å². The van der Waals surface area contributed by atoms with Crippen molar-refractivity contribution in [2.75, 3.05) is 24.6 Å². The second kappa shape index (κ2) is 6.02. The van der Waals surface area contributed by atoms with Crippen LogP contribution in [0.15, 0.2) is 18.3 Å². The molecule has 2 fully saturated rings. The minimum atomic E-state index is -0.292. The summed E-state index contributed by atoms with van der Waals surface area (Å²) in [6.45, 7) is 4.04. The van der Waals surface area contributed by atoms with Crippen LogP contribution in [-0.4, -0.2) is 36.7 Å². The van der Waals surface area contributed by atoms with Gasteiger partial charge in [-0.25, -0.2) is 9.78 Å². The Labute approximate surface area is 125 Å². The summed E-state index contributed by atoms with van der Waals surface area (Å²) in [6, 6.07) is 3.86. The summed E-state index contributed by atoms with van der Waals surface area (Å²) < 4.78 is 5.14. The molecule has 0 radical (unpaired) electrons. The molecule has 0 bridgehead atoms. The number of nitrogens with zero attached hydrogens (tertiary/aromatic N) is 2. The average molecular weight is 289 g/mol. The predicted octanol–water partition coefficient (Wildman–Crippen LogP) is 1.82. The molecular formula is C16H23N3O2. The van der Waals surface area contributed by atoms with Crippen molar-refractivity contribution in [1.29, 1.82) is 0 Å². The summed E-state index contributed by atoms with van der Waals surface area (Å²) in [5, 5.41) is 0. The first-order chi connectivity index (χ1) is 10.2. The lowest BCUT2D eigenvalue weighted by atomic mass is 9.78. The molecule has 0 spiro atoms. The van der Waals surface area contributed by atoms with Crippen molar-refractivity contribution in [3.8, 4) is 0 Å². The van der Waals surface area contributed by atoms with Crippen LogP contribution >= 0.6 is 0 Å². The van der Waals surface area contributed by atoms with Gasteiger partial charge in [0.2, 0.25) is 0 Å². The van der Waals surface area contributed by atoms with E-state index in [4.69, 9.17) is 10.5 Å². The van der Waals surface area contributed by atoms with Gasteiger partial charge in [0.1, 0.15) is 11.4 Å². The van der Waals surface area contributed by atoms with E-state index in [1.54, 1.807) is 18.3 Å². The molecule has 5 heteroatoms. The van der Waals surface area contributed by atoms with Gasteiger partial charge in [0.25, 0.3) is 0 Å². The Hall–Kier alpha value is -1.62. The second-order valence-corrected chi connectivity index (χ2v) is 6.02. The van der Waals surface area contributed by atoms with Crippen LogP contribution in [0.25, 0.3) is 0 Å². The summed E-state index contributed by atoms with van der Waals surface area (Å²) in [6.07, 6.45) is 5.29. The molecule has 2 aliphatic rings. The third-order valence-corrected chi connectivity index (χ3v) is 4.74. The molecule has 1 aromatic heterocycles.